The lowest BCUT2D eigenvalue weighted by atomic mass is 9.84. The zero-order valence-electron chi connectivity index (χ0n) is 18.6. The summed E-state index contributed by atoms with van der Waals surface area (Å²) in [6.07, 6.45) is -1.15. The minimum Gasteiger partial charge on any atom is -0.487 e. The van der Waals surface area contributed by atoms with Gasteiger partial charge in [0.2, 0.25) is 11.8 Å². The molecule has 2 amide bonds. The average molecular weight is 476 g/mol. The number of benzene rings is 2. The summed E-state index contributed by atoms with van der Waals surface area (Å²) in [5.41, 5.74) is 1.49. The van der Waals surface area contributed by atoms with Crippen molar-refractivity contribution < 1.29 is 37.7 Å². The Hall–Kier alpha value is -3.08. The monoisotopic (exact) mass is 476 g/mol. The summed E-state index contributed by atoms with van der Waals surface area (Å²) in [5, 5.41) is 15.2. The highest BCUT2D eigenvalue weighted by atomic mass is 19.1. The molecule has 0 unspecified atom stereocenters. The quantitative estimate of drug-likeness (QED) is 0.540. The van der Waals surface area contributed by atoms with E-state index in [1.807, 2.05) is 6.07 Å². The number of aliphatic hydroxyl groups excluding tert-OH is 1. The number of methoxy groups -OCH3 is 1. The van der Waals surface area contributed by atoms with Crippen LogP contribution in [-0.2, 0) is 25.6 Å². The second kappa shape index (κ2) is 10.5. The van der Waals surface area contributed by atoms with Crippen LogP contribution in [0.1, 0.15) is 29.9 Å². The van der Waals surface area contributed by atoms with Crippen LogP contribution < -0.4 is 15.4 Å². The van der Waals surface area contributed by atoms with Crippen molar-refractivity contribution in [2.45, 2.75) is 43.6 Å². The molecular formula is C24H26F2N2O6. The minimum atomic E-state index is -0.642. The number of rotatable bonds is 8. The third-order valence-electron chi connectivity index (χ3n) is 5.96. The molecule has 2 aliphatic rings. The van der Waals surface area contributed by atoms with Crippen molar-refractivity contribution >= 4 is 17.5 Å². The Balaban J connectivity index is 1.42. The van der Waals surface area contributed by atoms with Gasteiger partial charge in [-0.3, -0.25) is 9.59 Å². The summed E-state index contributed by atoms with van der Waals surface area (Å²) in [7, 11) is 1.43. The van der Waals surface area contributed by atoms with Crippen LogP contribution in [0, 0.1) is 11.6 Å². The van der Waals surface area contributed by atoms with Crippen LogP contribution in [0.2, 0.25) is 0 Å². The average Bonchev–Trinajstić information content (AvgIpc) is 3.17. The summed E-state index contributed by atoms with van der Waals surface area (Å²) >= 11 is 0. The van der Waals surface area contributed by atoms with Crippen molar-refractivity contribution in [3.8, 4) is 5.75 Å². The maximum absolute atomic E-state index is 13.8. The molecular weight excluding hydrogens is 450 g/mol. The van der Waals surface area contributed by atoms with Gasteiger partial charge in [0.1, 0.15) is 36.2 Å². The van der Waals surface area contributed by atoms with E-state index in [2.05, 4.69) is 10.6 Å². The number of carbonyl (C=O) groups is 2. The van der Waals surface area contributed by atoms with Crippen LogP contribution in [0.15, 0.2) is 36.4 Å². The topological polar surface area (TPSA) is 106 Å². The molecule has 0 bridgehead atoms. The van der Waals surface area contributed by atoms with Crippen LogP contribution in [0.5, 0.6) is 5.75 Å². The van der Waals surface area contributed by atoms with Gasteiger partial charge in [-0.25, -0.2) is 8.78 Å². The highest BCUT2D eigenvalue weighted by Gasteiger charge is 2.46. The predicted octanol–water partition coefficient (Wildman–Crippen LogP) is 2.25. The van der Waals surface area contributed by atoms with Gasteiger partial charge >= 0.3 is 0 Å². The normalized spacial score (nSPS) is 22.9. The van der Waals surface area contributed by atoms with Crippen molar-refractivity contribution in [1.82, 2.24) is 5.32 Å². The lowest BCUT2D eigenvalue weighted by Gasteiger charge is -2.37. The molecule has 0 saturated carbocycles. The largest absolute Gasteiger partial charge is 0.487 e. The van der Waals surface area contributed by atoms with E-state index >= 15 is 0 Å². The molecule has 1 saturated heterocycles. The predicted molar refractivity (Wildman–Crippen MR) is 117 cm³/mol. The highest BCUT2D eigenvalue weighted by molar-refractivity contribution is 5.92. The number of hydrogen-bond acceptors (Lipinski definition) is 6. The van der Waals surface area contributed by atoms with Crippen LogP contribution >= 0.6 is 0 Å². The number of nitrogens with one attached hydrogen (secondary N) is 2. The van der Waals surface area contributed by atoms with Gasteiger partial charge in [0.15, 0.2) is 0 Å². The first kappa shape index (κ1) is 24.1. The summed E-state index contributed by atoms with van der Waals surface area (Å²) in [6.45, 7) is -0.517. The second-order valence-electron chi connectivity index (χ2n) is 8.35. The van der Waals surface area contributed by atoms with Crippen molar-refractivity contribution in [3.63, 3.8) is 0 Å². The molecule has 0 aliphatic carbocycles. The van der Waals surface area contributed by atoms with Gasteiger partial charge in [-0.15, -0.1) is 0 Å². The maximum Gasteiger partial charge on any atom is 0.250 e. The van der Waals surface area contributed by atoms with E-state index in [4.69, 9.17) is 14.2 Å². The molecule has 4 atom stereocenters. The number of halogens is 2. The van der Waals surface area contributed by atoms with E-state index in [-0.39, 0.29) is 49.5 Å². The number of ether oxygens (including phenoxy) is 3. The first-order valence-corrected chi connectivity index (χ1v) is 10.9. The lowest BCUT2D eigenvalue weighted by molar-refractivity contribution is -0.142. The smallest absolute Gasteiger partial charge is 0.250 e. The third-order valence-corrected chi connectivity index (χ3v) is 5.96. The van der Waals surface area contributed by atoms with Crippen molar-refractivity contribution in [2.75, 3.05) is 25.6 Å². The van der Waals surface area contributed by atoms with E-state index in [1.54, 1.807) is 12.1 Å². The first-order chi connectivity index (χ1) is 16.4. The van der Waals surface area contributed by atoms with E-state index in [0.717, 1.165) is 23.8 Å². The van der Waals surface area contributed by atoms with Crippen LogP contribution in [0.4, 0.5) is 14.5 Å². The SMILES string of the molecule is COCC(=O)Nc1ccc2c(c1)[C@H]1C[C@@H](CC(=O)NCc3cc(F)ccc3F)O[C@H](CO)[C@H]1O2. The van der Waals surface area contributed by atoms with Crippen molar-refractivity contribution in [3.05, 3.63) is 59.2 Å². The number of fused-ring (bicyclic) bond motifs is 3. The number of carbonyl (C=O) groups excluding carboxylic acids is 2. The fourth-order valence-corrected chi connectivity index (χ4v) is 4.45. The first-order valence-electron chi connectivity index (χ1n) is 10.9. The van der Waals surface area contributed by atoms with Gasteiger partial charge in [0.25, 0.3) is 0 Å². The summed E-state index contributed by atoms with van der Waals surface area (Å²) in [4.78, 5) is 24.4. The fourth-order valence-electron chi connectivity index (χ4n) is 4.45. The standard InChI is InChI=1S/C24H26F2N2O6/c1-32-12-23(31)28-15-3-5-20-17(7-15)18-8-16(33-21(11-29)24(18)34-20)9-22(30)27-10-13-6-14(25)2-4-19(13)26/h2-7,16,18,21,24,29H,8-12H2,1H3,(H,27,30)(H,28,31)/t16-,18+,21+,24-/m0/s1. The molecule has 0 radical (unpaired) electrons. The zero-order chi connectivity index (χ0) is 24.2. The summed E-state index contributed by atoms with van der Waals surface area (Å²) < 4.78 is 43.9. The summed E-state index contributed by atoms with van der Waals surface area (Å²) in [5.74, 6) is -1.39. The molecule has 0 spiro atoms. The highest BCUT2D eigenvalue weighted by Crippen LogP contribution is 2.47. The van der Waals surface area contributed by atoms with Crippen LogP contribution in [0.3, 0.4) is 0 Å². The van der Waals surface area contributed by atoms with E-state index in [0.29, 0.717) is 17.9 Å². The molecule has 8 nitrogen and oxygen atoms in total. The Morgan fingerprint density at radius 3 is 2.76 bits per heavy atom. The molecule has 4 rings (SSSR count). The molecule has 1 fully saturated rings. The Morgan fingerprint density at radius 1 is 1.18 bits per heavy atom. The minimum absolute atomic E-state index is 0.0176. The molecule has 0 aromatic heterocycles. The van der Waals surface area contributed by atoms with Gasteiger partial charge < -0.3 is 30.0 Å². The Kier molecular flexibility index (Phi) is 7.40. The van der Waals surface area contributed by atoms with E-state index < -0.39 is 29.9 Å². The number of amides is 2. The van der Waals surface area contributed by atoms with Gasteiger partial charge in [-0.2, -0.15) is 0 Å². The molecule has 10 heteroatoms. The molecule has 182 valence electrons. The molecule has 2 aromatic carbocycles. The fraction of sp³-hybridized carbons (Fsp3) is 0.417. The zero-order valence-corrected chi connectivity index (χ0v) is 18.6. The second-order valence-corrected chi connectivity index (χ2v) is 8.35. The van der Waals surface area contributed by atoms with Gasteiger partial charge in [0.05, 0.1) is 19.1 Å². The number of hydrogen-bond donors (Lipinski definition) is 3. The third kappa shape index (κ3) is 5.35. The molecule has 34 heavy (non-hydrogen) atoms. The number of anilines is 1. The van der Waals surface area contributed by atoms with E-state index in [9.17, 15) is 23.5 Å². The Morgan fingerprint density at radius 2 is 2.00 bits per heavy atom. The molecule has 2 heterocycles. The Labute approximate surface area is 195 Å². The molecule has 2 aromatic rings. The molecule has 2 aliphatic heterocycles. The number of aliphatic hydroxyl groups is 1. The summed E-state index contributed by atoms with van der Waals surface area (Å²) in [6, 6.07) is 8.34. The van der Waals surface area contributed by atoms with Crippen LogP contribution in [-0.4, -0.2) is 55.6 Å². The Bertz CT molecular complexity index is 1070. The maximum atomic E-state index is 13.8. The van der Waals surface area contributed by atoms with Crippen LogP contribution in [0.25, 0.3) is 0 Å². The van der Waals surface area contributed by atoms with E-state index in [1.165, 1.54) is 7.11 Å². The van der Waals surface area contributed by atoms with Crippen molar-refractivity contribution in [1.29, 1.82) is 0 Å². The molecule has 3 N–H and O–H groups in total. The van der Waals surface area contributed by atoms with Gasteiger partial charge in [-0.05, 0) is 42.8 Å². The van der Waals surface area contributed by atoms with Crippen molar-refractivity contribution in [2.24, 2.45) is 0 Å². The lowest BCUT2D eigenvalue weighted by Crippen LogP contribution is -2.47. The van der Waals surface area contributed by atoms with Gasteiger partial charge in [-0.1, -0.05) is 0 Å². The van der Waals surface area contributed by atoms with Gasteiger partial charge in [0, 0.05) is 36.4 Å².